The van der Waals surface area contributed by atoms with Gasteiger partial charge in [0.25, 0.3) is 0 Å². The van der Waals surface area contributed by atoms with E-state index in [0.29, 0.717) is 13.1 Å². The zero-order chi connectivity index (χ0) is 16.4. The summed E-state index contributed by atoms with van der Waals surface area (Å²) in [6.07, 6.45) is 1.55. The average molecular weight is 378 g/mol. The third-order valence-electron chi connectivity index (χ3n) is 3.23. The topological polar surface area (TPSA) is 85.1 Å². The molecule has 0 atom stereocenters. The molecule has 2 rings (SSSR count). The van der Waals surface area contributed by atoms with Crippen LogP contribution in [-0.4, -0.2) is 26.5 Å². The minimum Gasteiger partial charge on any atom is -0.330 e. The van der Waals surface area contributed by atoms with Crippen LogP contribution in [0.2, 0.25) is 0 Å². The zero-order valence-corrected chi connectivity index (χ0v) is 16.1. The van der Waals surface area contributed by atoms with Crippen molar-refractivity contribution in [2.75, 3.05) is 13.1 Å². The second kappa shape index (κ2) is 7.90. The van der Waals surface area contributed by atoms with Gasteiger partial charge in [0.1, 0.15) is 0 Å². The Morgan fingerprint density at radius 1 is 1.26 bits per heavy atom. The molecule has 0 amide bonds. The van der Waals surface area contributed by atoms with Gasteiger partial charge in [0.15, 0.2) is 0 Å². The number of aromatic nitrogens is 1. The van der Waals surface area contributed by atoms with Crippen molar-refractivity contribution >= 4 is 44.0 Å². The van der Waals surface area contributed by atoms with E-state index in [1.165, 1.54) is 0 Å². The van der Waals surface area contributed by atoms with E-state index < -0.39 is 10.0 Å². The molecule has 0 bridgehead atoms. The number of halogens is 1. The lowest BCUT2D eigenvalue weighted by atomic mass is 9.98. The van der Waals surface area contributed by atoms with Crippen molar-refractivity contribution in [3.8, 4) is 0 Å². The van der Waals surface area contributed by atoms with Gasteiger partial charge in [0, 0.05) is 12.0 Å². The summed E-state index contributed by atoms with van der Waals surface area (Å²) in [5.41, 5.74) is 6.21. The molecular formula is C15H24ClN3O2S2. The molecule has 5 nitrogen and oxygen atoms in total. The van der Waals surface area contributed by atoms with Crippen molar-refractivity contribution in [3.05, 3.63) is 23.2 Å². The van der Waals surface area contributed by atoms with E-state index in [9.17, 15) is 8.42 Å². The quantitative estimate of drug-likeness (QED) is 0.757. The fourth-order valence-electron chi connectivity index (χ4n) is 1.95. The lowest BCUT2D eigenvalue weighted by Gasteiger charge is -2.13. The molecule has 0 fully saturated rings. The second-order valence-electron chi connectivity index (χ2n) is 6.29. The number of thiazole rings is 1. The fraction of sp³-hybridized carbons (Fsp3) is 0.533. The number of sulfonamides is 1. The first-order valence-corrected chi connectivity index (χ1v) is 9.65. The van der Waals surface area contributed by atoms with Gasteiger partial charge in [-0.1, -0.05) is 20.8 Å². The first-order valence-electron chi connectivity index (χ1n) is 7.35. The lowest BCUT2D eigenvalue weighted by Crippen LogP contribution is -2.25. The molecular weight excluding hydrogens is 354 g/mol. The Balaban J connectivity index is 0.00000264. The molecule has 0 aliphatic carbocycles. The number of nitrogens with two attached hydrogens (primary N) is 1. The summed E-state index contributed by atoms with van der Waals surface area (Å²) in [5.74, 6) is 0. The highest BCUT2D eigenvalue weighted by Crippen LogP contribution is 2.32. The number of nitrogens with zero attached hydrogens (tertiary/aromatic N) is 1. The summed E-state index contributed by atoms with van der Waals surface area (Å²) < 4.78 is 28.1. The van der Waals surface area contributed by atoms with Gasteiger partial charge >= 0.3 is 0 Å². The number of benzene rings is 1. The van der Waals surface area contributed by atoms with Crippen LogP contribution in [0.15, 0.2) is 23.1 Å². The van der Waals surface area contributed by atoms with Crippen LogP contribution in [0, 0.1) is 0 Å². The van der Waals surface area contributed by atoms with Gasteiger partial charge in [-0.15, -0.1) is 23.7 Å². The largest absolute Gasteiger partial charge is 0.330 e. The molecule has 1 heterocycles. The van der Waals surface area contributed by atoms with Crippen LogP contribution in [-0.2, 0) is 15.4 Å². The molecule has 1 aromatic carbocycles. The Morgan fingerprint density at radius 2 is 1.96 bits per heavy atom. The number of unbranched alkanes of at least 4 members (excludes halogenated alkanes) is 1. The standard InChI is InChI=1S/C15H23N3O2S2.ClH/c1-15(2,3)14-18-12-7-6-11(10-13(12)21-14)22(19,20)17-9-5-4-8-16;/h6-7,10,17H,4-5,8-9,16H2,1-3H3;1H. The van der Waals surface area contributed by atoms with E-state index in [4.69, 9.17) is 5.73 Å². The molecule has 23 heavy (non-hydrogen) atoms. The van der Waals surface area contributed by atoms with Crippen LogP contribution in [0.5, 0.6) is 0 Å². The van der Waals surface area contributed by atoms with Crippen LogP contribution in [0.4, 0.5) is 0 Å². The van der Waals surface area contributed by atoms with Crippen LogP contribution >= 0.6 is 23.7 Å². The van der Waals surface area contributed by atoms with Gasteiger partial charge in [0.2, 0.25) is 10.0 Å². The van der Waals surface area contributed by atoms with E-state index in [2.05, 4.69) is 30.5 Å². The summed E-state index contributed by atoms with van der Waals surface area (Å²) in [5, 5.41) is 1.01. The van der Waals surface area contributed by atoms with Gasteiger partial charge in [-0.05, 0) is 37.6 Å². The van der Waals surface area contributed by atoms with Crippen molar-refractivity contribution in [2.45, 2.75) is 43.9 Å². The number of hydrogen-bond donors (Lipinski definition) is 2. The van der Waals surface area contributed by atoms with Crippen molar-refractivity contribution in [2.24, 2.45) is 5.73 Å². The smallest absolute Gasteiger partial charge is 0.240 e. The van der Waals surface area contributed by atoms with E-state index >= 15 is 0 Å². The zero-order valence-electron chi connectivity index (χ0n) is 13.6. The Hall–Kier alpha value is -0.730. The Kier molecular flexibility index (Phi) is 6.97. The van der Waals surface area contributed by atoms with E-state index in [-0.39, 0.29) is 22.7 Å². The monoisotopic (exact) mass is 377 g/mol. The summed E-state index contributed by atoms with van der Waals surface area (Å²) >= 11 is 1.55. The molecule has 1 aromatic heterocycles. The molecule has 0 saturated heterocycles. The molecule has 8 heteroatoms. The van der Waals surface area contributed by atoms with Gasteiger partial charge < -0.3 is 5.73 Å². The predicted octanol–water partition coefficient (Wildman–Crippen LogP) is 3.03. The van der Waals surface area contributed by atoms with E-state index in [0.717, 1.165) is 28.1 Å². The molecule has 0 aliphatic rings. The number of fused-ring (bicyclic) bond motifs is 1. The molecule has 2 aromatic rings. The van der Waals surface area contributed by atoms with Gasteiger partial charge in [-0.2, -0.15) is 0 Å². The highest BCUT2D eigenvalue weighted by atomic mass is 35.5. The molecule has 0 spiro atoms. The molecule has 130 valence electrons. The molecule has 0 unspecified atom stereocenters. The van der Waals surface area contributed by atoms with Gasteiger partial charge in [-0.3, -0.25) is 0 Å². The van der Waals surface area contributed by atoms with Crippen molar-refractivity contribution in [1.82, 2.24) is 9.71 Å². The Bertz CT molecular complexity index is 752. The number of hydrogen-bond acceptors (Lipinski definition) is 5. The first-order chi connectivity index (χ1) is 10.2. The predicted molar refractivity (Wildman–Crippen MR) is 99.0 cm³/mol. The summed E-state index contributed by atoms with van der Waals surface area (Å²) in [4.78, 5) is 4.87. The van der Waals surface area contributed by atoms with E-state index in [1.807, 2.05) is 0 Å². The third-order valence-corrected chi connectivity index (χ3v) is 6.14. The Morgan fingerprint density at radius 3 is 2.57 bits per heavy atom. The maximum absolute atomic E-state index is 12.3. The molecule has 0 radical (unpaired) electrons. The van der Waals surface area contributed by atoms with Crippen molar-refractivity contribution < 1.29 is 8.42 Å². The van der Waals surface area contributed by atoms with Crippen molar-refractivity contribution in [3.63, 3.8) is 0 Å². The number of nitrogens with one attached hydrogen (secondary N) is 1. The van der Waals surface area contributed by atoms with Crippen LogP contribution in [0.1, 0.15) is 38.6 Å². The minimum absolute atomic E-state index is 0. The van der Waals surface area contributed by atoms with Crippen LogP contribution < -0.4 is 10.5 Å². The highest BCUT2D eigenvalue weighted by Gasteiger charge is 2.20. The minimum atomic E-state index is -3.47. The average Bonchev–Trinajstić information content (AvgIpc) is 2.86. The lowest BCUT2D eigenvalue weighted by molar-refractivity contribution is 0.577. The summed E-state index contributed by atoms with van der Waals surface area (Å²) in [6, 6.07) is 5.09. The molecule has 3 N–H and O–H groups in total. The summed E-state index contributed by atoms with van der Waals surface area (Å²) in [7, 11) is -3.47. The van der Waals surface area contributed by atoms with Crippen molar-refractivity contribution in [1.29, 1.82) is 0 Å². The SMILES string of the molecule is CC(C)(C)c1nc2ccc(S(=O)(=O)NCCCCN)cc2s1.Cl. The second-order valence-corrected chi connectivity index (χ2v) is 9.09. The highest BCUT2D eigenvalue weighted by molar-refractivity contribution is 7.89. The fourth-order valence-corrected chi connectivity index (χ4v) is 4.19. The maximum Gasteiger partial charge on any atom is 0.240 e. The Labute approximate surface area is 148 Å². The van der Waals surface area contributed by atoms with E-state index in [1.54, 1.807) is 29.5 Å². The maximum atomic E-state index is 12.3. The molecule has 0 aliphatic heterocycles. The first kappa shape index (κ1) is 20.3. The summed E-state index contributed by atoms with van der Waals surface area (Å²) in [6.45, 7) is 7.28. The van der Waals surface area contributed by atoms with Gasteiger partial charge in [0.05, 0.1) is 20.1 Å². The van der Waals surface area contributed by atoms with Crippen LogP contribution in [0.25, 0.3) is 10.2 Å². The molecule has 0 saturated carbocycles. The third kappa shape index (κ3) is 5.12. The normalized spacial score (nSPS) is 12.3. The number of rotatable bonds is 6. The van der Waals surface area contributed by atoms with Gasteiger partial charge in [-0.25, -0.2) is 18.1 Å². The van der Waals surface area contributed by atoms with Crippen LogP contribution in [0.3, 0.4) is 0 Å².